The number of carbonyl (C=O) groups excluding carboxylic acids is 2. The Bertz CT molecular complexity index is 1170. The summed E-state index contributed by atoms with van der Waals surface area (Å²) >= 11 is 6.23. The van der Waals surface area contributed by atoms with Crippen molar-refractivity contribution in [3.05, 3.63) is 81.2 Å². The number of hydrogen-bond acceptors (Lipinski definition) is 6. The number of dihydropyridines is 1. The van der Waals surface area contributed by atoms with Gasteiger partial charge in [0.15, 0.2) is 5.78 Å². The zero-order valence-corrected chi connectivity index (χ0v) is 19.6. The maximum Gasteiger partial charge on any atom is 0.336 e. The van der Waals surface area contributed by atoms with Crippen molar-refractivity contribution < 1.29 is 23.8 Å². The highest BCUT2D eigenvalue weighted by atomic mass is 35.5. The molecule has 0 amide bonds. The summed E-state index contributed by atoms with van der Waals surface area (Å²) in [6.07, 6.45) is 2.02. The van der Waals surface area contributed by atoms with Gasteiger partial charge in [-0.05, 0) is 49.6 Å². The number of nitrogens with one attached hydrogen (secondary N) is 1. The van der Waals surface area contributed by atoms with Crippen LogP contribution in [0.2, 0.25) is 5.02 Å². The van der Waals surface area contributed by atoms with E-state index >= 15 is 0 Å². The molecule has 1 N–H and O–H groups in total. The van der Waals surface area contributed by atoms with E-state index in [4.69, 9.17) is 25.8 Å². The smallest absolute Gasteiger partial charge is 0.336 e. The van der Waals surface area contributed by atoms with Gasteiger partial charge in [0.25, 0.3) is 0 Å². The predicted molar refractivity (Wildman–Crippen MR) is 125 cm³/mol. The number of benzene rings is 2. The zero-order chi connectivity index (χ0) is 23.5. The fourth-order valence-corrected chi connectivity index (χ4v) is 4.70. The molecule has 172 valence electrons. The molecule has 0 saturated heterocycles. The Balaban J connectivity index is 1.77. The molecule has 1 heterocycles. The van der Waals surface area contributed by atoms with Crippen LogP contribution in [0.25, 0.3) is 0 Å². The summed E-state index contributed by atoms with van der Waals surface area (Å²) in [6, 6.07) is 12.9. The molecule has 7 heteroatoms. The lowest BCUT2D eigenvalue weighted by Gasteiger charge is -2.34. The second kappa shape index (κ2) is 9.71. The summed E-state index contributed by atoms with van der Waals surface area (Å²) in [5.41, 5.74) is 4.24. The summed E-state index contributed by atoms with van der Waals surface area (Å²) in [6.45, 7) is 2.05. The molecule has 0 spiro atoms. The molecule has 33 heavy (non-hydrogen) atoms. The lowest BCUT2D eigenvalue weighted by atomic mass is 9.75. The second-order valence-corrected chi connectivity index (χ2v) is 8.45. The third kappa shape index (κ3) is 4.48. The van der Waals surface area contributed by atoms with Crippen molar-refractivity contribution in [2.24, 2.45) is 0 Å². The number of allylic oxidation sites excluding steroid dienone is 3. The van der Waals surface area contributed by atoms with Crippen LogP contribution in [0.5, 0.6) is 11.5 Å². The lowest BCUT2D eigenvalue weighted by Crippen LogP contribution is -2.34. The van der Waals surface area contributed by atoms with Gasteiger partial charge in [0.2, 0.25) is 0 Å². The molecule has 0 saturated carbocycles. The Hall–Kier alpha value is -3.25. The van der Waals surface area contributed by atoms with Crippen LogP contribution < -0.4 is 14.8 Å². The summed E-state index contributed by atoms with van der Waals surface area (Å²) < 4.78 is 16.6. The lowest BCUT2D eigenvalue weighted by molar-refractivity contribution is -0.136. The van der Waals surface area contributed by atoms with E-state index in [0.717, 1.165) is 29.7 Å². The van der Waals surface area contributed by atoms with E-state index in [0.29, 0.717) is 39.8 Å². The number of esters is 1. The molecule has 2 aromatic rings. The van der Waals surface area contributed by atoms with Crippen molar-refractivity contribution in [3.63, 3.8) is 0 Å². The molecule has 1 aliphatic carbocycles. The van der Waals surface area contributed by atoms with Gasteiger partial charge in [-0.3, -0.25) is 4.79 Å². The maximum atomic E-state index is 13.0. The van der Waals surface area contributed by atoms with Gasteiger partial charge in [0.1, 0.15) is 18.1 Å². The standard InChI is InChI=1S/C26H26ClNO5/c1-15-23(26(30)32-3)24(25-19(28-15)8-6-9-20(25)29)16-11-12-21(31-2)17(13-16)14-33-22-10-5-4-7-18(22)27/h4-5,7,10-13,24,28H,6,8-9,14H2,1-3H3. The van der Waals surface area contributed by atoms with E-state index in [9.17, 15) is 9.59 Å². The van der Waals surface area contributed by atoms with Crippen LogP contribution in [-0.4, -0.2) is 26.0 Å². The number of hydrogen-bond donors (Lipinski definition) is 1. The third-order valence-electron chi connectivity index (χ3n) is 6.04. The minimum Gasteiger partial charge on any atom is -0.496 e. The highest BCUT2D eigenvalue weighted by Gasteiger charge is 2.39. The summed E-state index contributed by atoms with van der Waals surface area (Å²) in [5, 5.41) is 3.79. The average molecular weight is 468 g/mol. The topological polar surface area (TPSA) is 73.9 Å². The summed E-state index contributed by atoms with van der Waals surface area (Å²) in [5.74, 6) is 0.273. The Labute approximate surface area is 198 Å². The van der Waals surface area contributed by atoms with Gasteiger partial charge in [0, 0.05) is 34.9 Å². The number of Topliss-reactive ketones (excluding diaryl/α,β-unsaturated/α-hetero) is 1. The van der Waals surface area contributed by atoms with Crippen LogP contribution in [0.1, 0.15) is 43.2 Å². The quantitative estimate of drug-likeness (QED) is 0.598. The van der Waals surface area contributed by atoms with E-state index in [2.05, 4.69) is 5.32 Å². The number of ketones is 1. The van der Waals surface area contributed by atoms with Gasteiger partial charge in [-0.1, -0.05) is 29.8 Å². The molecule has 1 unspecified atom stereocenters. The van der Waals surface area contributed by atoms with Crippen molar-refractivity contribution in [1.29, 1.82) is 0 Å². The second-order valence-electron chi connectivity index (χ2n) is 8.05. The summed E-state index contributed by atoms with van der Waals surface area (Å²) in [4.78, 5) is 25.8. The predicted octanol–water partition coefficient (Wildman–Crippen LogP) is 5.07. The molecule has 2 aliphatic rings. The SMILES string of the molecule is COC(=O)C1=C(C)NC2=C(C(=O)CCC2)C1c1ccc(OC)c(COc2ccccc2Cl)c1. The Morgan fingerprint density at radius 2 is 1.91 bits per heavy atom. The number of rotatable bonds is 6. The van der Waals surface area contributed by atoms with Crippen molar-refractivity contribution >= 4 is 23.4 Å². The first kappa shape index (κ1) is 22.9. The number of carbonyl (C=O) groups is 2. The first-order valence-corrected chi connectivity index (χ1v) is 11.2. The molecule has 0 aromatic heterocycles. The van der Waals surface area contributed by atoms with E-state index < -0.39 is 11.9 Å². The molecule has 4 rings (SSSR count). The maximum absolute atomic E-state index is 13.0. The van der Waals surface area contributed by atoms with Crippen molar-refractivity contribution in [2.45, 2.75) is 38.7 Å². The molecule has 6 nitrogen and oxygen atoms in total. The average Bonchev–Trinajstić information content (AvgIpc) is 2.82. The van der Waals surface area contributed by atoms with E-state index in [-0.39, 0.29) is 12.4 Å². The largest absolute Gasteiger partial charge is 0.496 e. The molecule has 0 bridgehead atoms. The minimum absolute atomic E-state index is 0.0485. The number of methoxy groups -OCH3 is 2. The fourth-order valence-electron chi connectivity index (χ4n) is 4.51. The molecular weight excluding hydrogens is 442 g/mol. The number of halogens is 1. The summed E-state index contributed by atoms with van der Waals surface area (Å²) in [7, 11) is 2.94. The Kier molecular flexibility index (Phi) is 6.75. The van der Waals surface area contributed by atoms with Gasteiger partial charge < -0.3 is 19.5 Å². The van der Waals surface area contributed by atoms with Crippen LogP contribution >= 0.6 is 11.6 Å². The van der Waals surface area contributed by atoms with Crippen LogP contribution in [-0.2, 0) is 20.9 Å². The van der Waals surface area contributed by atoms with Gasteiger partial charge >= 0.3 is 5.97 Å². The van der Waals surface area contributed by atoms with Crippen LogP contribution in [0.3, 0.4) is 0 Å². The highest BCUT2D eigenvalue weighted by Crippen LogP contribution is 2.43. The van der Waals surface area contributed by atoms with Crippen LogP contribution in [0.15, 0.2) is 65.0 Å². The molecule has 1 aliphatic heterocycles. The molecule has 0 fully saturated rings. The van der Waals surface area contributed by atoms with Gasteiger partial charge in [-0.25, -0.2) is 4.79 Å². The van der Waals surface area contributed by atoms with Gasteiger partial charge in [-0.15, -0.1) is 0 Å². The third-order valence-corrected chi connectivity index (χ3v) is 6.35. The van der Waals surface area contributed by atoms with Crippen LogP contribution in [0, 0.1) is 0 Å². The number of ether oxygens (including phenoxy) is 3. The fraction of sp³-hybridized carbons (Fsp3) is 0.308. The van der Waals surface area contributed by atoms with E-state index in [1.165, 1.54) is 7.11 Å². The van der Waals surface area contributed by atoms with Gasteiger partial charge in [0.05, 0.1) is 24.8 Å². The molecule has 2 aromatic carbocycles. The Morgan fingerprint density at radius 3 is 2.64 bits per heavy atom. The Morgan fingerprint density at radius 1 is 1.12 bits per heavy atom. The highest BCUT2D eigenvalue weighted by molar-refractivity contribution is 6.32. The normalized spacial score (nSPS) is 17.9. The monoisotopic (exact) mass is 467 g/mol. The molecular formula is C26H26ClNO5. The van der Waals surface area contributed by atoms with Gasteiger partial charge in [-0.2, -0.15) is 0 Å². The minimum atomic E-state index is -0.522. The van der Waals surface area contributed by atoms with E-state index in [1.54, 1.807) is 19.2 Å². The van der Waals surface area contributed by atoms with Crippen molar-refractivity contribution in [2.75, 3.05) is 14.2 Å². The number of para-hydroxylation sites is 1. The molecule has 1 atom stereocenters. The van der Waals surface area contributed by atoms with E-state index in [1.807, 2.05) is 37.3 Å². The van der Waals surface area contributed by atoms with Crippen molar-refractivity contribution in [3.8, 4) is 11.5 Å². The van der Waals surface area contributed by atoms with Crippen LogP contribution in [0.4, 0.5) is 0 Å². The van der Waals surface area contributed by atoms with Crippen molar-refractivity contribution in [1.82, 2.24) is 5.32 Å². The molecule has 0 radical (unpaired) electrons. The first-order chi connectivity index (χ1) is 15.9. The zero-order valence-electron chi connectivity index (χ0n) is 18.9. The first-order valence-electron chi connectivity index (χ1n) is 10.8.